The first-order valence-electron chi connectivity index (χ1n) is 9.14. The van der Waals surface area contributed by atoms with E-state index in [1.807, 2.05) is 6.92 Å². The van der Waals surface area contributed by atoms with Gasteiger partial charge in [0.05, 0.1) is 18.2 Å². The van der Waals surface area contributed by atoms with Crippen molar-refractivity contribution in [2.75, 3.05) is 6.54 Å². The summed E-state index contributed by atoms with van der Waals surface area (Å²) < 4.78 is 11.2. The number of nitrogens with one attached hydrogen (secondary N) is 1. The van der Waals surface area contributed by atoms with Crippen molar-refractivity contribution in [3.8, 4) is 0 Å². The molecule has 26 heavy (non-hydrogen) atoms. The van der Waals surface area contributed by atoms with Gasteiger partial charge in [0.15, 0.2) is 6.29 Å². The summed E-state index contributed by atoms with van der Waals surface area (Å²) in [6, 6.07) is -2.07. The lowest BCUT2D eigenvalue weighted by molar-refractivity contribution is -0.301. The number of hydrogen-bond donors (Lipinski definition) is 8. The Morgan fingerprint density at radius 2 is 1.77 bits per heavy atom. The van der Waals surface area contributed by atoms with Crippen LogP contribution in [0.5, 0.6) is 0 Å². The van der Waals surface area contributed by atoms with E-state index in [2.05, 4.69) is 5.32 Å². The van der Waals surface area contributed by atoms with Gasteiger partial charge in [-0.05, 0) is 26.3 Å². The number of ether oxygens (including phenoxy) is 2. The molecule has 0 bridgehead atoms. The summed E-state index contributed by atoms with van der Waals surface area (Å²) in [5, 5.41) is 53.7. The Bertz CT molecular complexity index is 444. The van der Waals surface area contributed by atoms with E-state index < -0.39 is 61.1 Å². The van der Waals surface area contributed by atoms with Crippen LogP contribution < -0.4 is 16.8 Å². The zero-order valence-corrected chi connectivity index (χ0v) is 15.2. The average molecular weight is 379 g/mol. The van der Waals surface area contributed by atoms with Crippen LogP contribution in [0.1, 0.15) is 26.7 Å². The second kappa shape index (κ2) is 9.20. The minimum Gasteiger partial charge on any atom is -0.391 e. The molecule has 1 aliphatic carbocycles. The van der Waals surface area contributed by atoms with Crippen LogP contribution >= 0.6 is 0 Å². The average Bonchev–Trinajstić information content (AvgIpc) is 2.60. The molecule has 0 aromatic heterocycles. The van der Waals surface area contributed by atoms with E-state index in [0.29, 0.717) is 13.0 Å². The highest BCUT2D eigenvalue weighted by atomic mass is 16.7. The van der Waals surface area contributed by atoms with Gasteiger partial charge in [-0.3, -0.25) is 0 Å². The number of rotatable bonds is 6. The van der Waals surface area contributed by atoms with Crippen LogP contribution in [0.2, 0.25) is 0 Å². The standard InChI is InChI=1S/C16H33N3O7/c1-3-4-19-8-5-7(17)15(12(23)10(8)21)26-16-9(18)11(22)13(24)14(25-16)6(2)20/h6-16,19-24H,3-5,17-18H2,1-2H3/t6-,7?,8-,9?,10?,11-,12-,13+,14?,15-,16-/m1/s1. The molecule has 0 aromatic rings. The highest BCUT2D eigenvalue weighted by Gasteiger charge is 2.49. The summed E-state index contributed by atoms with van der Waals surface area (Å²) >= 11 is 0. The summed E-state index contributed by atoms with van der Waals surface area (Å²) in [5.74, 6) is 0. The molecular formula is C16H33N3O7. The molecular weight excluding hydrogens is 346 g/mol. The Labute approximate surface area is 153 Å². The first kappa shape index (κ1) is 21.9. The fraction of sp³-hybridized carbons (Fsp3) is 1.00. The second-order valence-corrected chi connectivity index (χ2v) is 7.31. The first-order valence-corrected chi connectivity index (χ1v) is 9.14. The highest BCUT2D eigenvalue weighted by Crippen LogP contribution is 2.28. The van der Waals surface area contributed by atoms with Crippen molar-refractivity contribution in [2.45, 2.75) is 93.8 Å². The van der Waals surface area contributed by atoms with Crippen molar-refractivity contribution in [3.63, 3.8) is 0 Å². The van der Waals surface area contributed by atoms with Gasteiger partial charge in [-0.25, -0.2) is 0 Å². The second-order valence-electron chi connectivity index (χ2n) is 7.31. The quantitative estimate of drug-likeness (QED) is 0.229. The molecule has 10 nitrogen and oxygen atoms in total. The third-order valence-corrected chi connectivity index (χ3v) is 5.16. The Balaban J connectivity index is 2.06. The third-order valence-electron chi connectivity index (χ3n) is 5.16. The van der Waals surface area contributed by atoms with Crippen molar-refractivity contribution < 1.29 is 35.0 Å². The molecule has 0 radical (unpaired) electrons. The first-order chi connectivity index (χ1) is 12.2. The SMILES string of the molecule is CCCN[C@@H]1CC(N)[C@@H](O[C@H]2OC([C@@H](C)O)[C@@H](O)[C@H](O)C2N)[C@H](O)C1O. The molecule has 0 amide bonds. The largest absolute Gasteiger partial charge is 0.391 e. The van der Waals surface area contributed by atoms with E-state index in [4.69, 9.17) is 20.9 Å². The van der Waals surface area contributed by atoms with Crippen LogP contribution in [0.25, 0.3) is 0 Å². The third kappa shape index (κ3) is 4.53. The molecule has 0 spiro atoms. The number of aliphatic hydroxyl groups is 5. The van der Waals surface area contributed by atoms with Crippen LogP contribution in [0, 0.1) is 0 Å². The van der Waals surface area contributed by atoms with Crippen molar-refractivity contribution in [3.05, 3.63) is 0 Å². The lowest BCUT2D eigenvalue weighted by Gasteiger charge is -2.47. The maximum Gasteiger partial charge on any atom is 0.176 e. The molecule has 4 unspecified atom stereocenters. The fourth-order valence-electron chi connectivity index (χ4n) is 3.55. The lowest BCUT2D eigenvalue weighted by Crippen LogP contribution is -2.68. The monoisotopic (exact) mass is 379 g/mol. The molecule has 2 rings (SSSR count). The van der Waals surface area contributed by atoms with E-state index in [-0.39, 0.29) is 6.04 Å². The maximum absolute atomic E-state index is 10.4. The van der Waals surface area contributed by atoms with Gasteiger partial charge in [0.1, 0.15) is 30.5 Å². The molecule has 1 saturated carbocycles. The minimum absolute atomic E-state index is 0.363. The van der Waals surface area contributed by atoms with Gasteiger partial charge >= 0.3 is 0 Å². The molecule has 1 aliphatic heterocycles. The number of hydrogen-bond acceptors (Lipinski definition) is 10. The van der Waals surface area contributed by atoms with Gasteiger partial charge in [0.25, 0.3) is 0 Å². The smallest absolute Gasteiger partial charge is 0.176 e. The van der Waals surface area contributed by atoms with Crippen LogP contribution in [0.3, 0.4) is 0 Å². The molecule has 11 atom stereocenters. The zero-order valence-electron chi connectivity index (χ0n) is 15.2. The van der Waals surface area contributed by atoms with Gasteiger partial charge in [0, 0.05) is 12.1 Å². The van der Waals surface area contributed by atoms with Crippen LogP contribution in [-0.2, 0) is 9.47 Å². The van der Waals surface area contributed by atoms with E-state index in [9.17, 15) is 25.5 Å². The summed E-state index contributed by atoms with van der Waals surface area (Å²) in [6.07, 6.45) is -8.23. The normalized spacial score (nSPS) is 48.3. The predicted molar refractivity (Wildman–Crippen MR) is 91.9 cm³/mol. The lowest BCUT2D eigenvalue weighted by atomic mass is 9.84. The van der Waals surface area contributed by atoms with Crippen LogP contribution in [-0.4, -0.2) is 99.2 Å². The molecule has 1 saturated heterocycles. The molecule has 0 aromatic carbocycles. The summed E-state index contributed by atoms with van der Waals surface area (Å²) in [4.78, 5) is 0. The van der Waals surface area contributed by atoms with Crippen molar-refractivity contribution in [1.82, 2.24) is 5.32 Å². The highest BCUT2D eigenvalue weighted by molar-refractivity contribution is 5.00. The Kier molecular flexibility index (Phi) is 7.74. The summed E-state index contributed by atoms with van der Waals surface area (Å²) in [6.45, 7) is 4.08. The van der Waals surface area contributed by atoms with E-state index in [0.717, 1.165) is 6.42 Å². The molecule has 1 heterocycles. The van der Waals surface area contributed by atoms with Gasteiger partial charge in [-0.2, -0.15) is 0 Å². The van der Waals surface area contributed by atoms with Crippen molar-refractivity contribution in [2.24, 2.45) is 11.5 Å². The molecule has 10 N–H and O–H groups in total. The van der Waals surface area contributed by atoms with Gasteiger partial charge in [0.2, 0.25) is 0 Å². The topological polar surface area (TPSA) is 184 Å². The van der Waals surface area contributed by atoms with Gasteiger partial charge in [-0.15, -0.1) is 0 Å². The zero-order chi connectivity index (χ0) is 19.6. The maximum atomic E-state index is 10.4. The molecule has 10 heteroatoms. The molecule has 154 valence electrons. The molecule has 2 fully saturated rings. The predicted octanol–water partition coefficient (Wildman–Crippen LogP) is -3.65. The van der Waals surface area contributed by atoms with Gasteiger partial charge in [-0.1, -0.05) is 6.92 Å². The molecule has 2 aliphatic rings. The van der Waals surface area contributed by atoms with Gasteiger partial charge < -0.3 is 51.8 Å². The fourth-order valence-corrected chi connectivity index (χ4v) is 3.55. The van der Waals surface area contributed by atoms with Crippen LogP contribution in [0.4, 0.5) is 0 Å². The van der Waals surface area contributed by atoms with Crippen molar-refractivity contribution in [1.29, 1.82) is 0 Å². The minimum atomic E-state index is -1.38. The Morgan fingerprint density at radius 1 is 1.12 bits per heavy atom. The van der Waals surface area contributed by atoms with Crippen LogP contribution in [0.15, 0.2) is 0 Å². The number of aliphatic hydroxyl groups excluding tert-OH is 5. The van der Waals surface area contributed by atoms with E-state index in [1.54, 1.807) is 0 Å². The van der Waals surface area contributed by atoms with E-state index >= 15 is 0 Å². The number of nitrogens with two attached hydrogens (primary N) is 2. The van der Waals surface area contributed by atoms with Crippen molar-refractivity contribution >= 4 is 0 Å². The summed E-state index contributed by atoms with van der Waals surface area (Å²) in [7, 11) is 0. The Hall–Kier alpha value is -0.400. The Morgan fingerprint density at radius 3 is 2.35 bits per heavy atom. The van der Waals surface area contributed by atoms with E-state index in [1.165, 1.54) is 6.92 Å². The summed E-state index contributed by atoms with van der Waals surface area (Å²) in [5.41, 5.74) is 12.0.